The molecule has 0 aliphatic rings. The number of hydrogen-bond donors (Lipinski definition) is 1. The summed E-state index contributed by atoms with van der Waals surface area (Å²) >= 11 is 1.40. The molecule has 5 nitrogen and oxygen atoms in total. The molecule has 1 N–H and O–H groups in total. The standard InChI is InChI=1S/C22H19N3O2S/c1-14(2)27-16-10-8-15(9-11-16)20-13-28-22(24-20)25-21(26)18-5-3-7-19-17(18)6-4-12-23-19/h3-14H,1-2H3,(H,24,25,26). The zero-order valence-electron chi connectivity index (χ0n) is 15.5. The number of nitrogens with one attached hydrogen (secondary N) is 1. The lowest BCUT2D eigenvalue weighted by Gasteiger charge is -2.09. The Morgan fingerprint density at radius 2 is 1.89 bits per heavy atom. The summed E-state index contributed by atoms with van der Waals surface area (Å²) in [6, 6.07) is 17.0. The zero-order valence-corrected chi connectivity index (χ0v) is 16.4. The zero-order chi connectivity index (χ0) is 19.5. The quantitative estimate of drug-likeness (QED) is 0.496. The number of fused-ring (bicyclic) bond motifs is 1. The second-order valence-electron chi connectivity index (χ2n) is 6.56. The number of carbonyl (C=O) groups excluding carboxylic acids is 1. The number of aromatic nitrogens is 2. The SMILES string of the molecule is CC(C)Oc1ccc(-c2csc(NC(=O)c3cccc4ncccc34)n2)cc1. The molecule has 1 amide bonds. The van der Waals surface area contributed by atoms with Crippen molar-refractivity contribution in [2.45, 2.75) is 20.0 Å². The number of rotatable bonds is 5. The van der Waals surface area contributed by atoms with Gasteiger partial charge in [-0.3, -0.25) is 15.1 Å². The summed E-state index contributed by atoms with van der Waals surface area (Å²) in [5.74, 6) is 0.632. The maximum absolute atomic E-state index is 12.7. The molecule has 6 heteroatoms. The van der Waals surface area contributed by atoms with Gasteiger partial charge in [0.2, 0.25) is 0 Å². The fourth-order valence-corrected chi connectivity index (χ4v) is 3.62. The number of hydrogen-bond acceptors (Lipinski definition) is 5. The average Bonchev–Trinajstić information content (AvgIpc) is 3.16. The van der Waals surface area contributed by atoms with Crippen molar-refractivity contribution in [3.8, 4) is 17.0 Å². The molecule has 0 fully saturated rings. The van der Waals surface area contributed by atoms with E-state index in [1.807, 2.05) is 67.8 Å². The molecule has 2 heterocycles. The van der Waals surface area contributed by atoms with Crippen LogP contribution in [0.15, 0.2) is 66.2 Å². The molecular formula is C22H19N3O2S. The smallest absolute Gasteiger partial charge is 0.258 e. The highest BCUT2D eigenvalue weighted by atomic mass is 32.1. The molecule has 4 rings (SSSR count). The fraction of sp³-hybridized carbons (Fsp3) is 0.136. The molecule has 0 aliphatic carbocycles. The van der Waals surface area contributed by atoms with Gasteiger partial charge in [0.05, 0.1) is 17.3 Å². The van der Waals surface area contributed by atoms with Gasteiger partial charge in [0, 0.05) is 28.1 Å². The van der Waals surface area contributed by atoms with E-state index in [4.69, 9.17) is 4.74 Å². The van der Waals surface area contributed by atoms with Gasteiger partial charge in [-0.25, -0.2) is 4.98 Å². The van der Waals surface area contributed by atoms with Crippen LogP contribution in [-0.2, 0) is 0 Å². The van der Waals surface area contributed by atoms with Crippen molar-refractivity contribution in [1.82, 2.24) is 9.97 Å². The van der Waals surface area contributed by atoms with Gasteiger partial charge < -0.3 is 4.74 Å². The Hall–Kier alpha value is -3.25. The molecule has 0 unspecified atom stereocenters. The van der Waals surface area contributed by atoms with Crippen LogP contribution in [0.5, 0.6) is 5.75 Å². The third-order valence-electron chi connectivity index (χ3n) is 4.14. The summed E-state index contributed by atoms with van der Waals surface area (Å²) in [4.78, 5) is 21.6. The Balaban J connectivity index is 1.52. The van der Waals surface area contributed by atoms with Gasteiger partial charge in [0.1, 0.15) is 5.75 Å². The summed E-state index contributed by atoms with van der Waals surface area (Å²) in [6.07, 6.45) is 1.85. The molecule has 0 aliphatic heterocycles. The average molecular weight is 389 g/mol. The van der Waals surface area contributed by atoms with Gasteiger partial charge in [-0.2, -0.15) is 0 Å². The summed E-state index contributed by atoms with van der Waals surface area (Å²) in [7, 11) is 0. The topological polar surface area (TPSA) is 64.1 Å². The van der Waals surface area contributed by atoms with E-state index in [1.54, 1.807) is 12.3 Å². The van der Waals surface area contributed by atoms with Gasteiger partial charge >= 0.3 is 0 Å². The van der Waals surface area contributed by atoms with Gasteiger partial charge in [-0.15, -0.1) is 11.3 Å². The lowest BCUT2D eigenvalue weighted by Crippen LogP contribution is -2.12. The number of anilines is 1. The minimum atomic E-state index is -0.194. The highest BCUT2D eigenvalue weighted by Gasteiger charge is 2.13. The van der Waals surface area contributed by atoms with Crippen molar-refractivity contribution in [1.29, 1.82) is 0 Å². The highest BCUT2D eigenvalue weighted by Crippen LogP contribution is 2.27. The third kappa shape index (κ3) is 3.87. The molecule has 0 bridgehead atoms. The minimum Gasteiger partial charge on any atom is -0.491 e. The Kier molecular flexibility index (Phi) is 5.04. The van der Waals surface area contributed by atoms with Crippen LogP contribution in [0, 0.1) is 0 Å². The second kappa shape index (κ2) is 7.78. The lowest BCUT2D eigenvalue weighted by atomic mass is 10.1. The first kappa shape index (κ1) is 18.1. The number of pyridine rings is 1. The molecular weight excluding hydrogens is 370 g/mol. The van der Waals surface area contributed by atoms with Gasteiger partial charge in [0.25, 0.3) is 5.91 Å². The second-order valence-corrected chi connectivity index (χ2v) is 7.42. The summed E-state index contributed by atoms with van der Waals surface area (Å²) in [5, 5.41) is 6.20. The molecule has 2 aromatic carbocycles. The summed E-state index contributed by atoms with van der Waals surface area (Å²) < 4.78 is 5.67. The molecule has 2 aromatic heterocycles. The fourth-order valence-electron chi connectivity index (χ4n) is 2.91. The molecule has 140 valence electrons. The van der Waals surface area contributed by atoms with Crippen LogP contribution in [0.4, 0.5) is 5.13 Å². The van der Waals surface area contributed by atoms with E-state index in [0.29, 0.717) is 10.7 Å². The van der Waals surface area contributed by atoms with Crippen LogP contribution < -0.4 is 10.1 Å². The Bertz CT molecular complexity index is 1110. The van der Waals surface area contributed by atoms with Crippen molar-refractivity contribution < 1.29 is 9.53 Å². The Morgan fingerprint density at radius 1 is 1.07 bits per heavy atom. The number of thiazole rings is 1. The van der Waals surface area contributed by atoms with E-state index in [0.717, 1.165) is 27.9 Å². The van der Waals surface area contributed by atoms with Gasteiger partial charge in [0.15, 0.2) is 5.13 Å². The Morgan fingerprint density at radius 3 is 2.68 bits per heavy atom. The number of amides is 1. The van der Waals surface area contributed by atoms with Crippen LogP contribution in [-0.4, -0.2) is 22.0 Å². The molecule has 0 spiro atoms. The molecule has 28 heavy (non-hydrogen) atoms. The number of ether oxygens (including phenoxy) is 1. The predicted molar refractivity (Wildman–Crippen MR) is 113 cm³/mol. The number of nitrogens with zero attached hydrogens (tertiary/aromatic N) is 2. The molecule has 4 aromatic rings. The van der Waals surface area contributed by atoms with E-state index in [9.17, 15) is 4.79 Å². The first-order valence-corrected chi connectivity index (χ1v) is 9.86. The summed E-state index contributed by atoms with van der Waals surface area (Å²) in [6.45, 7) is 3.99. The van der Waals surface area contributed by atoms with Gasteiger partial charge in [-0.05, 0) is 56.3 Å². The van der Waals surface area contributed by atoms with E-state index < -0.39 is 0 Å². The minimum absolute atomic E-state index is 0.135. The monoisotopic (exact) mass is 389 g/mol. The first-order valence-electron chi connectivity index (χ1n) is 8.98. The van der Waals surface area contributed by atoms with Crippen LogP contribution >= 0.6 is 11.3 Å². The van der Waals surface area contributed by atoms with E-state index in [1.165, 1.54) is 11.3 Å². The lowest BCUT2D eigenvalue weighted by molar-refractivity contribution is 0.102. The normalized spacial score (nSPS) is 11.0. The van der Waals surface area contributed by atoms with Crippen molar-refractivity contribution in [2.24, 2.45) is 0 Å². The van der Waals surface area contributed by atoms with Crippen molar-refractivity contribution >= 4 is 33.3 Å². The third-order valence-corrected chi connectivity index (χ3v) is 4.89. The van der Waals surface area contributed by atoms with Crippen LogP contribution in [0.2, 0.25) is 0 Å². The summed E-state index contributed by atoms with van der Waals surface area (Å²) in [5.41, 5.74) is 3.16. The Labute approximate surface area is 167 Å². The van der Waals surface area contributed by atoms with Crippen LogP contribution in [0.3, 0.4) is 0 Å². The van der Waals surface area contributed by atoms with Crippen LogP contribution in [0.25, 0.3) is 22.2 Å². The first-order chi connectivity index (χ1) is 13.6. The van der Waals surface area contributed by atoms with E-state index in [-0.39, 0.29) is 12.0 Å². The number of benzene rings is 2. The highest BCUT2D eigenvalue weighted by molar-refractivity contribution is 7.14. The van der Waals surface area contributed by atoms with E-state index in [2.05, 4.69) is 15.3 Å². The maximum Gasteiger partial charge on any atom is 0.258 e. The molecule has 0 atom stereocenters. The largest absolute Gasteiger partial charge is 0.491 e. The van der Waals surface area contributed by atoms with E-state index >= 15 is 0 Å². The van der Waals surface area contributed by atoms with Crippen molar-refractivity contribution in [2.75, 3.05) is 5.32 Å². The predicted octanol–water partition coefficient (Wildman–Crippen LogP) is 5.40. The maximum atomic E-state index is 12.7. The van der Waals surface area contributed by atoms with Crippen molar-refractivity contribution in [3.05, 3.63) is 71.7 Å². The molecule has 0 radical (unpaired) electrons. The number of carbonyl (C=O) groups is 1. The van der Waals surface area contributed by atoms with Gasteiger partial charge in [-0.1, -0.05) is 12.1 Å². The molecule has 0 saturated heterocycles. The van der Waals surface area contributed by atoms with Crippen LogP contribution in [0.1, 0.15) is 24.2 Å². The van der Waals surface area contributed by atoms with Crippen molar-refractivity contribution in [3.63, 3.8) is 0 Å². The molecule has 0 saturated carbocycles.